The highest BCUT2D eigenvalue weighted by atomic mass is 16.7. The zero-order chi connectivity index (χ0) is 14.7. The van der Waals surface area contributed by atoms with Crippen LogP contribution >= 0.6 is 0 Å². The fourth-order valence-electron chi connectivity index (χ4n) is 2.89. The summed E-state index contributed by atoms with van der Waals surface area (Å²) in [6.07, 6.45) is 2.86. The summed E-state index contributed by atoms with van der Waals surface area (Å²) in [6, 6.07) is 5.85. The molecule has 1 amide bonds. The molecule has 21 heavy (non-hydrogen) atoms. The molecule has 1 aromatic rings. The third-order valence-electron chi connectivity index (χ3n) is 4.20. The maximum absolute atomic E-state index is 12.3. The Kier molecular flexibility index (Phi) is 4.29. The molecule has 0 aromatic heterocycles. The van der Waals surface area contributed by atoms with E-state index in [1.807, 2.05) is 25.2 Å². The molecule has 2 aliphatic heterocycles. The van der Waals surface area contributed by atoms with E-state index in [4.69, 9.17) is 9.47 Å². The Bertz CT molecular complexity index is 512. The van der Waals surface area contributed by atoms with E-state index in [1.165, 1.54) is 0 Å². The molecule has 2 aliphatic rings. The van der Waals surface area contributed by atoms with Gasteiger partial charge in [0.25, 0.3) is 0 Å². The van der Waals surface area contributed by atoms with Gasteiger partial charge in [0.1, 0.15) is 0 Å². The van der Waals surface area contributed by atoms with Crippen LogP contribution in [0.3, 0.4) is 0 Å². The Labute approximate surface area is 125 Å². The standard InChI is InChI=1S/C16H22N2O3/c1-18(16(19)9-12-4-6-17-7-5-12)10-13-2-3-14-15(8-13)21-11-20-14/h2-3,8,12,17H,4-7,9-11H2,1H3. The zero-order valence-electron chi connectivity index (χ0n) is 12.4. The van der Waals surface area contributed by atoms with Gasteiger partial charge in [0, 0.05) is 20.0 Å². The molecule has 1 saturated heterocycles. The van der Waals surface area contributed by atoms with Gasteiger partial charge in [-0.15, -0.1) is 0 Å². The first-order valence-electron chi connectivity index (χ1n) is 7.55. The normalized spacial score (nSPS) is 17.8. The van der Waals surface area contributed by atoms with Crippen LogP contribution in [-0.4, -0.2) is 37.7 Å². The van der Waals surface area contributed by atoms with Crippen molar-refractivity contribution in [2.75, 3.05) is 26.9 Å². The van der Waals surface area contributed by atoms with E-state index in [9.17, 15) is 4.79 Å². The fraction of sp³-hybridized carbons (Fsp3) is 0.562. The molecule has 3 rings (SSSR count). The van der Waals surface area contributed by atoms with Crippen molar-refractivity contribution in [3.05, 3.63) is 23.8 Å². The second-order valence-electron chi connectivity index (χ2n) is 5.83. The van der Waals surface area contributed by atoms with E-state index in [0.29, 0.717) is 18.9 Å². The lowest BCUT2D eigenvalue weighted by Gasteiger charge is -2.25. The van der Waals surface area contributed by atoms with E-state index in [2.05, 4.69) is 5.32 Å². The highest BCUT2D eigenvalue weighted by Crippen LogP contribution is 2.32. The van der Waals surface area contributed by atoms with Gasteiger partial charge < -0.3 is 19.7 Å². The quantitative estimate of drug-likeness (QED) is 0.918. The molecule has 0 saturated carbocycles. The predicted molar refractivity (Wildman–Crippen MR) is 79.2 cm³/mol. The van der Waals surface area contributed by atoms with Crippen LogP contribution in [-0.2, 0) is 11.3 Å². The third kappa shape index (κ3) is 3.47. The van der Waals surface area contributed by atoms with E-state index in [-0.39, 0.29) is 12.7 Å². The van der Waals surface area contributed by atoms with Gasteiger partial charge in [0.05, 0.1) is 0 Å². The molecule has 0 radical (unpaired) electrons. The number of nitrogens with one attached hydrogen (secondary N) is 1. The number of ether oxygens (including phenoxy) is 2. The first-order chi connectivity index (χ1) is 10.2. The molecule has 0 bridgehead atoms. The molecule has 1 fully saturated rings. The Morgan fingerprint density at radius 3 is 2.86 bits per heavy atom. The van der Waals surface area contributed by atoms with Gasteiger partial charge in [0.2, 0.25) is 12.7 Å². The summed E-state index contributed by atoms with van der Waals surface area (Å²) < 4.78 is 10.7. The summed E-state index contributed by atoms with van der Waals surface area (Å²) in [5.41, 5.74) is 1.07. The van der Waals surface area contributed by atoms with Crippen molar-refractivity contribution < 1.29 is 14.3 Å². The molecule has 0 unspecified atom stereocenters. The molecule has 0 atom stereocenters. The van der Waals surface area contributed by atoms with Gasteiger partial charge in [-0.2, -0.15) is 0 Å². The van der Waals surface area contributed by atoms with E-state index >= 15 is 0 Å². The smallest absolute Gasteiger partial charge is 0.231 e. The van der Waals surface area contributed by atoms with Crippen LogP contribution in [0.25, 0.3) is 0 Å². The van der Waals surface area contributed by atoms with E-state index in [1.54, 1.807) is 4.90 Å². The van der Waals surface area contributed by atoms with Crippen molar-refractivity contribution in [2.24, 2.45) is 5.92 Å². The van der Waals surface area contributed by atoms with Gasteiger partial charge in [-0.3, -0.25) is 4.79 Å². The van der Waals surface area contributed by atoms with E-state index < -0.39 is 0 Å². The summed E-state index contributed by atoms with van der Waals surface area (Å²) in [4.78, 5) is 14.1. The summed E-state index contributed by atoms with van der Waals surface area (Å²) in [5.74, 6) is 2.30. The van der Waals surface area contributed by atoms with Crippen LogP contribution in [0.5, 0.6) is 11.5 Å². The SMILES string of the molecule is CN(Cc1ccc2c(c1)OCO2)C(=O)CC1CCNCC1. The largest absolute Gasteiger partial charge is 0.454 e. The van der Waals surface area contributed by atoms with Crippen LogP contribution in [0.2, 0.25) is 0 Å². The van der Waals surface area contributed by atoms with Gasteiger partial charge in [-0.05, 0) is 49.5 Å². The second-order valence-corrected chi connectivity index (χ2v) is 5.83. The third-order valence-corrected chi connectivity index (χ3v) is 4.20. The van der Waals surface area contributed by atoms with Gasteiger partial charge in [-0.1, -0.05) is 6.07 Å². The Hall–Kier alpha value is -1.75. The van der Waals surface area contributed by atoms with Crippen LogP contribution < -0.4 is 14.8 Å². The fourth-order valence-corrected chi connectivity index (χ4v) is 2.89. The molecule has 0 aliphatic carbocycles. The maximum atomic E-state index is 12.3. The summed E-state index contributed by atoms with van der Waals surface area (Å²) >= 11 is 0. The molecule has 0 spiro atoms. The minimum atomic E-state index is 0.222. The topological polar surface area (TPSA) is 50.8 Å². The van der Waals surface area contributed by atoms with Crippen molar-refractivity contribution >= 4 is 5.91 Å². The number of carbonyl (C=O) groups excluding carboxylic acids is 1. The molecular formula is C16H22N2O3. The van der Waals surface area contributed by atoms with Crippen molar-refractivity contribution in [1.29, 1.82) is 0 Å². The number of hydrogen-bond acceptors (Lipinski definition) is 4. The van der Waals surface area contributed by atoms with Crippen LogP contribution in [0.15, 0.2) is 18.2 Å². The minimum Gasteiger partial charge on any atom is -0.454 e. The number of amides is 1. The monoisotopic (exact) mass is 290 g/mol. The highest BCUT2D eigenvalue weighted by molar-refractivity contribution is 5.76. The average molecular weight is 290 g/mol. The van der Waals surface area contributed by atoms with Crippen molar-refractivity contribution in [3.8, 4) is 11.5 Å². The summed E-state index contributed by atoms with van der Waals surface area (Å²) in [6.45, 7) is 2.96. The maximum Gasteiger partial charge on any atom is 0.231 e. The predicted octanol–water partition coefficient (Wildman–Crippen LogP) is 1.76. The number of rotatable bonds is 4. The number of nitrogens with zero attached hydrogens (tertiary/aromatic N) is 1. The lowest BCUT2D eigenvalue weighted by atomic mass is 9.94. The van der Waals surface area contributed by atoms with Crippen LogP contribution in [0.1, 0.15) is 24.8 Å². The number of carbonyl (C=O) groups is 1. The molecule has 2 heterocycles. The van der Waals surface area contributed by atoms with Crippen molar-refractivity contribution in [1.82, 2.24) is 10.2 Å². The second kappa shape index (κ2) is 6.35. The molecule has 114 valence electrons. The summed E-state index contributed by atoms with van der Waals surface area (Å²) in [5, 5.41) is 3.33. The minimum absolute atomic E-state index is 0.222. The van der Waals surface area contributed by atoms with Gasteiger partial charge in [0.15, 0.2) is 11.5 Å². The molecule has 1 aromatic carbocycles. The Morgan fingerprint density at radius 2 is 2.05 bits per heavy atom. The number of fused-ring (bicyclic) bond motifs is 1. The van der Waals surface area contributed by atoms with Crippen LogP contribution in [0.4, 0.5) is 0 Å². The summed E-state index contributed by atoms with van der Waals surface area (Å²) in [7, 11) is 1.87. The average Bonchev–Trinajstić information content (AvgIpc) is 2.95. The van der Waals surface area contributed by atoms with Gasteiger partial charge in [-0.25, -0.2) is 0 Å². The van der Waals surface area contributed by atoms with Crippen LogP contribution in [0, 0.1) is 5.92 Å². The molecular weight excluding hydrogens is 268 g/mol. The first kappa shape index (κ1) is 14.2. The molecule has 5 heteroatoms. The Balaban J connectivity index is 1.55. The number of hydrogen-bond donors (Lipinski definition) is 1. The lowest BCUT2D eigenvalue weighted by molar-refractivity contribution is -0.131. The molecule has 5 nitrogen and oxygen atoms in total. The van der Waals surface area contributed by atoms with Gasteiger partial charge >= 0.3 is 0 Å². The number of benzene rings is 1. The van der Waals surface area contributed by atoms with E-state index in [0.717, 1.165) is 43.0 Å². The van der Waals surface area contributed by atoms with Crippen molar-refractivity contribution in [2.45, 2.75) is 25.8 Å². The highest BCUT2D eigenvalue weighted by Gasteiger charge is 2.20. The zero-order valence-corrected chi connectivity index (χ0v) is 12.4. The lowest BCUT2D eigenvalue weighted by Crippen LogP contribution is -2.33. The molecule has 1 N–H and O–H groups in total. The first-order valence-corrected chi connectivity index (χ1v) is 7.55. The van der Waals surface area contributed by atoms with Crippen molar-refractivity contribution in [3.63, 3.8) is 0 Å². The Morgan fingerprint density at radius 1 is 1.29 bits per heavy atom. The number of piperidine rings is 1.